The lowest BCUT2D eigenvalue weighted by molar-refractivity contribution is 0.0684. The molecule has 0 radical (unpaired) electrons. The molecule has 0 aromatic heterocycles. The van der Waals surface area contributed by atoms with Gasteiger partial charge in [0, 0.05) is 11.1 Å². The summed E-state index contributed by atoms with van der Waals surface area (Å²) in [5.74, 6) is 0.634. The minimum Gasteiger partial charge on any atom is -0.379 e. The Hall–Kier alpha value is -0.380. The van der Waals surface area contributed by atoms with Crippen LogP contribution in [0.5, 0.6) is 0 Å². The van der Waals surface area contributed by atoms with Crippen LogP contribution in [0.3, 0.4) is 0 Å². The van der Waals surface area contributed by atoms with Crippen LogP contribution in [-0.2, 0) is 11.2 Å². The topological polar surface area (TPSA) is 21.3 Å². The molecular weight excluding hydrogens is 290 g/mol. The summed E-state index contributed by atoms with van der Waals surface area (Å²) < 4.78 is 6.78. The average molecular weight is 314 g/mol. The summed E-state index contributed by atoms with van der Waals surface area (Å²) in [5.41, 5.74) is 1.39. The third-order valence-corrected chi connectivity index (χ3v) is 3.44. The van der Waals surface area contributed by atoms with E-state index in [4.69, 9.17) is 4.74 Å². The molecule has 3 heteroatoms. The molecule has 1 N–H and O–H groups in total. The van der Waals surface area contributed by atoms with Gasteiger partial charge in [0.25, 0.3) is 0 Å². The second kappa shape index (κ2) is 8.68. The van der Waals surface area contributed by atoms with Crippen molar-refractivity contribution in [2.45, 2.75) is 32.8 Å². The highest BCUT2D eigenvalue weighted by Gasteiger charge is 2.09. The van der Waals surface area contributed by atoms with Crippen LogP contribution in [0.15, 0.2) is 28.7 Å². The van der Waals surface area contributed by atoms with Crippen molar-refractivity contribution in [3.05, 3.63) is 34.3 Å². The number of nitrogens with one attached hydrogen (secondary N) is 1. The van der Waals surface area contributed by atoms with Crippen LogP contribution in [0.4, 0.5) is 0 Å². The first kappa shape index (κ1) is 15.7. The van der Waals surface area contributed by atoms with Crippen molar-refractivity contribution in [1.82, 2.24) is 5.32 Å². The third-order valence-electron chi connectivity index (χ3n) is 2.91. The Labute approximate surface area is 119 Å². The molecule has 0 aliphatic carbocycles. The summed E-state index contributed by atoms with van der Waals surface area (Å²) in [6.07, 6.45) is 2.54. The fraction of sp³-hybridized carbons (Fsp3) is 0.600. The number of rotatable bonds is 8. The summed E-state index contributed by atoms with van der Waals surface area (Å²) in [7, 11) is 2.01. The molecule has 102 valence electrons. The van der Waals surface area contributed by atoms with Gasteiger partial charge >= 0.3 is 0 Å². The Morgan fingerprint density at radius 3 is 2.44 bits per heavy atom. The second-order valence-electron chi connectivity index (χ2n) is 4.96. The highest BCUT2D eigenvalue weighted by atomic mass is 79.9. The fourth-order valence-corrected chi connectivity index (χ4v) is 2.25. The van der Waals surface area contributed by atoms with E-state index in [-0.39, 0.29) is 0 Å². The molecular formula is C15H24BrNO. The maximum Gasteiger partial charge on any atom is 0.0518 e. The van der Waals surface area contributed by atoms with Gasteiger partial charge in [0.2, 0.25) is 0 Å². The Balaban J connectivity index is 2.43. The van der Waals surface area contributed by atoms with Crippen LogP contribution in [0.2, 0.25) is 0 Å². The number of hydrogen-bond acceptors (Lipinski definition) is 2. The van der Waals surface area contributed by atoms with Crippen molar-refractivity contribution in [1.29, 1.82) is 0 Å². The van der Waals surface area contributed by atoms with Gasteiger partial charge in [-0.1, -0.05) is 28.1 Å². The Morgan fingerprint density at radius 1 is 1.22 bits per heavy atom. The molecule has 0 fully saturated rings. The summed E-state index contributed by atoms with van der Waals surface area (Å²) in [5, 5.41) is 3.27. The highest BCUT2D eigenvalue weighted by molar-refractivity contribution is 9.10. The van der Waals surface area contributed by atoms with E-state index in [1.807, 2.05) is 7.05 Å². The van der Waals surface area contributed by atoms with Gasteiger partial charge in [-0.2, -0.15) is 0 Å². The molecule has 1 aromatic rings. The lowest BCUT2D eigenvalue weighted by Crippen LogP contribution is -2.22. The van der Waals surface area contributed by atoms with Crippen LogP contribution < -0.4 is 5.32 Å². The predicted octanol–water partition coefficient (Wildman–Crippen LogP) is 3.64. The zero-order chi connectivity index (χ0) is 13.4. The average Bonchev–Trinajstić information content (AvgIpc) is 2.32. The number of ether oxygens (including phenoxy) is 1. The molecule has 0 heterocycles. The quantitative estimate of drug-likeness (QED) is 0.791. The molecule has 0 aliphatic rings. The van der Waals surface area contributed by atoms with Gasteiger partial charge in [0.05, 0.1) is 6.10 Å². The molecule has 2 nitrogen and oxygen atoms in total. The number of benzene rings is 1. The highest BCUT2D eigenvalue weighted by Crippen LogP contribution is 2.16. The van der Waals surface area contributed by atoms with Crippen LogP contribution in [0, 0.1) is 5.92 Å². The molecule has 1 unspecified atom stereocenters. The van der Waals surface area contributed by atoms with E-state index in [0.717, 1.165) is 30.5 Å². The van der Waals surface area contributed by atoms with Gasteiger partial charge in [-0.05, 0) is 63.9 Å². The van der Waals surface area contributed by atoms with E-state index in [1.165, 1.54) is 5.56 Å². The van der Waals surface area contributed by atoms with Gasteiger partial charge in [-0.15, -0.1) is 0 Å². The van der Waals surface area contributed by atoms with E-state index in [9.17, 15) is 0 Å². The van der Waals surface area contributed by atoms with Crippen molar-refractivity contribution in [3.8, 4) is 0 Å². The van der Waals surface area contributed by atoms with E-state index >= 15 is 0 Å². The predicted molar refractivity (Wildman–Crippen MR) is 81.0 cm³/mol. The lowest BCUT2D eigenvalue weighted by Gasteiger charge is -2.17. The van der Waals surface area contributed by atoms with E-state index < -0.39 is 0 Å². The first-order valence-corrected chi connectivity index (χ1v) is 7.41. The van der Waals surface area contributed by atoms with Gasteiger partial charge in [0.15, 0.2) is 0 Å². The van der Waals surface area contributed by atoms with Gasteiger partial charge in [-0.25, -0.2) is 0 Å². The first-order chi connectivity index (χ1) is 8.61. The van der Waals surface area contributed by atoms with Crippen LogP contribution in [0.25, 0.3) is 0 Å². The number of hydrogen-bond donors (Lipinski definition) is 1. The third kappa shape index (κ3) is 6.53. The monoisotopic (exact) mass is 313 g/mol. The molecule has 0 spiro atoms. The molecule has 0 amide bonds. The Bertz CT molecular complexity index is 324. The molecule has 1 atom stereocenters. The fourth-order valence-electron chi connectivity index (χ4n) is 1.99. The molecule has 1 aromatic carbocycles. The van der Waals surface area contributed by atoms with E-state index in [0.29, 0.717) is 12.0 Å². The summed E-state index contributed by atoms with van der Waals surface area (Å²) in [4.78, 5) is 0. The lowest BCUT2D eigenvalue weighted by atomic mass is 9.96. The van der Waals surface area contributed by atoms with Crippen molar-refractivity contribution in [2.24, 2.45) is 5.92 Å². The van der Waals surface area contributed by atoms with Crippen molar-refractivity contribution in [2.75, 3.05) is 20.2 Å². The van der Waals surface area contributed by atoms with E-state index in [2.05, 4.69) is 59.4 Å². The van der Waals surface area contributed by atoms with Gasteiger partial charge in [-0.3, -0.25) is 0 Å². The van der Waals surface area contributed by atoms with Crippen LogP contribution in [-0.4, -0.2) is 26.3 Å². The smallest absolute Gasteiger partial charge is 0.0518 e. The molecule has 1 rings (SSSR count). The zero-order valence-corrected chi connectivity index (χ0v) is 13.2. The SMILES string of the molecule is CNCC(CCOC(C)C)Cc1ccc(Br)cc1. The standard InChI is InChI=1S/C15H24BrNO/c1-12(2)18-9-8-14(11-17-3)10-13-4-6-15(16)7-5-13/h4-7,12,14,17H,8-11H2,1-3H3. The normalized spacial score (nSPS) is 12.9. The molecule has 0 saturated carbocycles. The maximum atomic E-state index is 5.64. The largest absolute Gasteiger partial charge is 0.379 e. The van der Waals surface area contributed by atoms with E-state index in [1.54, 1.807) is 0 Å². The Kier molecular flexibility index (Phi) is 7.56. The van der Waals surface area contributed by atoms with Crippen LogP contribution in [0.1, 0.15) is 25.8 Å². The summed E-state index contributed by atoms with van der Waals surface area (Å²) in [6.45, 7) is 6.06. The minimum absolute atomic E-state index is 0.327. The maximum absolute atomic E-state index is 5.64. The van der Waals surface area contributed by atoms with Gasteiger partial charge < -0.3 is 10.1 Å². The van der Waals surface area contributed by atoms with Crippen LogP contribution >= 0.6 is 15.9 Å². The van der Waals surface area contributed by atoms with Crippen molar-refractivity contribution in [3.63, 3.8) is 0 Å². The van der Waals surface area contributed by atoms with Gasteiger partial charge in [0.1, 0.15) is 0 Å². The summed E-state index contributed by atoms with van der Waals surface area (Å²) >= 11 is 3.47. The van der Waals surface area contributed by atoms with Crippen molar-refractivity contribution < 1.29 is 4.74 Å². The first-order valence-electron chi connectivity index (χ1n) is 6.62. The summed E-state index contributed by atoms with van der Waals surface area (Å²) in [6, 6.07) is 8.60. The van der Waals surface area contributed by atoms with Crippen molar-refractivity contribution >= 4 is 15.9 Å². The molecule has 0 bridgehead atoms. The second-order valence-corrected chi connectivity index (χ2v) is 5.88. The molecule has 0 saturated heterocycles. The molecule has 0 aliphatic heterocycles. The minimum atomic E-state index is 0.327. The zero-order valence-electron chi connectivity index (χ0n) is 11.6. The molecule has 18 heavy (non-hydrogen) atoms. The Morgan fingerprint density at radius 2 is 1.89 bits per heavy atom. The number of halogens is 1.